The van der Waals surface area contributed by atoms with Gasteiger partial charge in [0.25, 0.3) is 11.5 Å². The van der Waals surface area contributed by atoms with E-state index < -0.39 is 11.5 Å². The summed E-state index contributed by atoms with van der Waals surface area (Å²) in [5, 5.41) is 6.68. The maximum absolute atomic E-state index is 13.2. The van der Waals surface area contributed by atoms with Gasteiger partial charge in [-0.2, -0.15) is 9.61 Å². The Morgan fingerprint density at radius 1 is 1.03 bits per heavy atom. The highest BCUT2D eigenvalue weighted by molar-refractivity contribution is 7.15. The Kier molecular flexibility index (Phi) is 3.95. The summed E-state index contributed by atoms with van der Waals surface area (Å²) in [6.07, 6.45) is 1.30. The fourth-order valence-electron chi connectivity index (χ4n) is 3.35. The summed E-state index contributed by atoms with van der Waals surface area (Å²) in [7, 11) is 0. The maximum atomic E-state index is 13.2. The van der Waals surface area contributed by atoms with Crippen LogP contribution in [0.1, 0.15) is 5.56 Å². The lowest BCUT2D eigenvalue weighted by Crippen LogP contribution is -2.37. The van der Waals surface area contributed by atoms with E-state index in [1.807, 2.05) is 18.2 Å². The van der Waals surface area contributed by atoms with E-state index >= 15 is 0 Å². The number of amides is 2. The van der Waals surface area contributed by atoms with Gasteiger partial charge in [-0.25, -0.2) is 4.98 Å². The lowest BCUT2D eigenvalue weighted by Gasteiger charge is -2.16. The van der Waals surface area contributed by atoms with Gasteiger partial charge in [-0.3, -0.25) is 19.3 Å². The van der Waals surface area contributed by atoms with Crippen LogP contribution in [-0.2, 0) is 9.59 Å². The Hall–Kier alpha value is -3.85. The number of rotatable bonds is 3. The molecule has 0 unspecified atom stereocenters. The summed E-state index contributed by atoms with van der Waals surface area (Å²) < 4.78 is 1.44. The Balaban J connectivity index is 1.57. The van der Waals surface area contributed by atoms with Crippen molar-refractivity contribution < 1.29 is 9.59 Å². The average molecular weight is 403 g/mol. The molecule has 2 aromatic heterocycles. The minimum absolute atomic E-state index is 0.164. The van der Waals surface area contributed by atoms with Crippen LogP contribution in [0.2, 0.25) is 0 Å². The second-order valence-corrected chi connectivity index (χ2v) is 7.37. The fraction of sp³-hybridized carbons (Fsp3) is 0.0500. The predicted octanol–water partition coefficient (Wildman–Crippen LogP) is 1.05. The highest BCUT2D eigenvalue weighted by Gasteiger charge is 2.35. The zero-order valence-corrected chi connectivity index (χ0v) is 15.7. The van der Waals surface area contributed by atoms with Crippen LogP contribution in [-0.4, -0.2) is 33.0 Å². The molecule has 29 heavy (non-hydrogen) atoms. The maximum Gasteiger partial charge on any atom is 0.291 e. The molecule has 0 radical (unpaired) electrons. The van der Waals surface area contributed by atoms with Crippen molar-refractivity contribution in [2.24, 2.45) is 0 Å². The van der Waals surface area contributed by atoms with E-state index in [9.17, 15) is 14.4 Å². The van der Waals surface area contributed by atoms with E-state index in [1.54, 1.807) is 36.4 Å². The van der Waals surface area contributed by atoms with Crippen LogP contribution in [0.5, 0.6) is 0 Å². The largest absolute Gasteiger partial charge is 0.325 e. The van der Waals surface area contributed by atoms with Crippen LogP contribution < -0.4 is 20.3 Å². The molecule has 0 aliphatic carbocycles. The van der Waals surface area contributed by atoms with Crippen LogP contribution >= 0.6 is 11.3 Å². The van der Waals surface area contributed by atoms with Gasteiger partial charge in [-0.15, -0.1) is 0 Å². The number of carbonyl (C=O) groups excluding carboxylic acids is 2. The number of aromatic nitrogens is 3. The molecule has 8 nitrogen and oxygen atoms in total. The number of hydrogen-bond donors (Lipinski definition) is 1. The molecule has 0 fully saturated rings. The summed E-state index contributed by atoms with van der Waals surface area (Å²) in [5.74, 6) is -0.721. The summed E-state index contributed by atoms with van der Waals surface area (Å²) in [5.41, 5.74) is 1.74. The topological polar surface area (TPSA) is 96.7 Å². The summed E-state index contributed by atoms with van der Waals surface area (Å²) >= 11 is 1.11. The van der Waals surface area contributed by atoms with E-state index in [1.165, 1.54) is 15.7 Å². The van der Waals surface area contributed by atoms with Gasteiger partial charge in [0.05, 0.1) is 11.3 Å². The molecule has 0 saturated carbocycles. The number of fused-ring (bicyclic) bond motifs is 2. The quantitative estimate of drug-likeness (QED) is 0.552. The van der Waals surface area contributed by atoms with Gasteiger partial charge in [0.2, 0.25) is 10.9 Å². The third-order valence-electron chi connectivity index (χ3n) is 4.61. The van der Waals surface area contributed by atoms with Crippen molar-refractivity contribution in [2.75, 3.05) is 16.8 Å². The fourth-order valence-corrected chi connectivity index (χ4v) is 4.32. The standard InChI is InChI=1S/C20H13N5O3S/c26-15(23-12-6-2-1-3-7-12)10-24-14-9-5-4-8-13(14)16(18(24)27)17-19(28)25-20(29-17)21-11-22-25/h1-9,11H,10H2,(H,23,26). The van der Waals surface area contributed by atoms with Crippen LogP contribution in [0.4, 0.5) is 11.4 Å². The number of thiazole rings is 1. The normalized spacial score (nSPS) is 15.0. The van der Waals surface area contributed by atoms with E-state index in [4.69, 9.17) is 0 Å². The van der Waals surface area contributed by atoms with Gasteiger partial charge in [0.1, 0.15) is 17.4 Å². The van der Waals surface area contributed by atoms with E-state index in [-0.39, 0.29) is 22.6 Å². The first kappa shape index (κ1) is 17.3. The van der Waals surface area contributed by atoms with Crippen molar-refractivity contribution in [3.05, 3.63) is 81.4 Å². The second-order valence-electron chi connectivity index (χ2n) is 6.39. The number of carbonyl (C=O) groups is 2. The van der Waals surface area contributed by atoms with Gasteiger partial charge in [-0.1, -0.05) is 47.7 Å². The van der Waals surface area contributed by atoms with Crippen molar-refractivity contribution in [1.29, 1.82) is 0 Å². The Morgan fingerprint density at radius 3 is 2.59 bits per heavy atom. The Morgan fingerprint density at radius 2 is 1.79 bits per heavy atom. The van der Waals surface area contributed by atoms with E-state index in [2.05, 4.69) is 15.4 Å². The van der Waals surface area contributed by atoms with Crippen molar-refractivity contribution >= 4 is 45.1 Å². The van der Waals surface area contributed by atoms with Gasteiger partial charge in [0.15, 0.2) is 0 Å². The first-order valence-electron chi connectivity index (χ1n) is 8.76. The molecule has 3 heterocycles. The summed E-state index contributed by atoms with van der Waals surface area (Å²) in [6.45, 7) is -0.164. The zero-order chi connectivity index (χ0) is 20.0. The minimum Gasteiger partial charge on any atom is -0.325 e. The van der Waals surface area contributed by atoms with Crippen LogP contribution in [0.3, 0.4) is 0 Å². The lowest BCUT2D eigenvalue weighted by molar-refractivity contribution is -0.118. The van der Waals surface area contributed by atoms with E-state index in [0.29, 0.717) is 21.9 Å². The van der Waals surface area contributed by atoms with Gasteiger partial charge in [0, 0.05) is 11.3 Å². The third-order valence-corrected chi connectivity index (χ3v) is 5.65. The molecule has 2 aromatic carbocycles. The van der Waals surface area contributed by atoms with Crippen molar-refractivity contribution in [2.45, 2.75) is 0 Å². The van der Waals surface area contributed by atoms with Crippen molar-refractivity contribution in [3.63, 3.8) is 0 Å². The SMILES string of the molecule is O=C(CN1C(=O)C(=c2sc3ncnn3c2=O)c2ccccc21)Nc1ccccc1. The minimum atomic E-state index is -0.393. The summed E-state index contributed by atoms with van der Waals surface area (Å²) in [6, 6.07) is 16.1. The number of benzene rings is 2. The molecule has 4 aromatic rings. The smallest absolute Gasteiger partial charge is 0.291 e. The molecule has 1 aliphatic heterocycles. The zero-order valence-electron chi connectivity index (χ0n) is 14.9. The number of nitrogens with one attached hydrogen (secondary N) is 1. The molecule has 0 spiro atoms. The first-order chi connectivity index (χ1) is 14.1. The number of nitrogens with zero attached hydrogens (tertiary/aromatic N) is 4. The molecule has 5 rings (SSSR count). The van der Waals surface area contributed by atoms with Crippen molar-refractivity contribution in [3.8, 4) is 0 Å². The Labute approximate surface area is 167 Å². The van der Waals surface area contributed by atoms with Crippen LogP contribution in [0, 0.1) is 0 Å². The third kappa shape index (κ3) is 2.79. The molecular weight excluding hydrogens is 390 g/mol. The lowest BCUT2D eigenvalue weighted by atomic mass is 10.1. The molecule has 1 aliphatic rings. The summed E-state index contributed by atoms with van der Waals surface area (Å²) in [4.78, 5) is 44.3. The molecule has 2 amide bonds. The van der Waals surface area contributed by atoms with E-state index in [0.717, 1.165) is 11.3 Å². The van der Waals surface area contributed by atoms with Gasteiger partial charge in [-0.05, 0) is 18.2 Å². The molecule has 0 atom stereocenters. The van der Waals surface area contributed by atoms with Crippen molar-refractivity contribution in [1.82, 2.24) is 14.6 Å². The number of hydrogen-bond acceptors (Lipinski definition) is 6. The highest BCUT2D eigenvalue weighted by Crippen LogP contribution is 2.35. The molecule has 0 bridgehead atoms. The van der Waals surface area contributed by atoms with Crippen LogP contribution in [0.15, 0.2) is 65.7 Å². The average Bonchev–Trinajstić information content (AvgIpc) is 3.38. The molecule has 0 saturated heterocycles. The van der Waals surface area contributed by atoms with Gasteiger partial charge < -0.3 is 5.32 Å². The number of para-hydroxylation sites is 2. The molecule has 1 N–H and O–H groups in total. The van der Waals surface area contributed by atoms with Gasteiger partial charge >= 0.3 is 0 Å². The number of anilines is 2. The molecule has 142 valence electrons. The monoisotopic (exact) mass is 403 g/mol. The predicted molar refractivity (Wildman–Crippen MR) is 109 cm³/mol. The molecular formula is C20H13N5O3S. The first-order valence-corrected chi connectivity index (χ1v) is 9.58. The second kappa shape index (κ2) is 6.64. The molecule has 9 heteroatoms. The highest BCUT2D eigenvalue weighted by atomic mass is 32.1. The van der Waals surface area contributed by atoms with Crippen LogP contribution in [0.25, 0.3) is 10.5 Å². The Bertz CT molecular complexity index is 1380.